The summed E-state index contributed by atoms with van der Waals surface area (Å²) in [5.74, 6) is 0. The Morgan fingerprint density at radius 3 is 2.39 bits per heavy atom. The molecule has 4 heterocycles. The van der Waals surface area contributed by atoms with E-state index < -0.39 is 0 Å². The molecule has 0 radical (unpaired) electrons. The van der Waals surface area contributed by atoms with Crippen LogP contribution in [0.4, 0.5) is 5.69 Å². The second kappa shape index (κ2) is 7.63. The van der Waals surface area contributed by atoms with E-state index in [1.165, 1.54) is 11.1 Å². The Morgan fingerprint density at radius 2 is 1.71 bits per heavy atom. The van der Waals surface area contributed by atoms with Crippen LogP contribution in [0.3, 0.4) is 0 Å². The van der Waals surface area contributed by atoms with Gasteiger partial charge in [0.1, 0.15) is 12.7 Å². The molecule has 0 unspecified atom stereocenters. The lowest BCUT2D eigenvalue weighted by Crippen LogP contribution is -2.29. The number of thiocarbonyl (C=S) groups is 1. The van der Waals surface area contributed by atoms with Crippen molar-refractivity contribution in [3.8, 4) is 0 Å². The first kappa shape index (κ1) is 19.4. The highest BCUT2D eigenvalue weighted by Crippen LogP contribution is 2.43. The molecule has 2 atom stereocenters. The van der Waals surface area contributed by atoms with Gasteiger partial charge >= 0.3 is 0 Å². The topological polar surface area (TPSA) is 63.8 Å². The van der Waals surface area contributed by atoms with E-state index in [-0.39, 0.29) is 12.1 Å². The second-order valence-corrected chi connectivity index (χ2v) is 8.20. The molecule has 156 valence electrons. The molecular formula is C23H23N7S. The van der Waals surface area contributed by atoms with Gasteiger partial charge in [0.15, 0.2) is 5.11 Å². The minimum atomic E-state index is -0.0788. The number of anilines is 1. The molecular weight excluding hydrogens is 406 g/mol. The van der Waals surface area contributed by atoms with Crippen molar-refractivity contribution in [2.45, 2.75) is 32.9 Å². The smallest absolute Gasteiger partial charge is 0.174 e. The number of pyridine rings is 1. The molecule has 3 aromatic heterocycles. The fourth-order valence-corrected chi connectivity index (χ4v) is 4.73. The zero-order valence-electron chi connectivity index (χ0n) is 17.6. The number of hydrogen-bond acceptors (Lipinski definition) is 4. The molecule has 5 rings (SSSR count). The number of nitrogens with zero attached hydrogens (tertiary/aromatic N) is 6. The Balaban J connectivity index is 1.68. The number of aromatic nitrogens is 5. The maximum atomic E-state index is 5.83. The lowest BCUT2D eigenvalue weighted by Gasteiger charge is -2.28. The molecule has 1 aliphatic rings. The highest BCUT2D eigenvalue weighted by molar-refractivity contribution is 7.80. The van der Waals surface area contributed by atoms with Gasteiger partial charge in [-0.3, -0.25) is 9.66 Å². The van der Waals surface area contributed by atoms with E-state index >= 15 is 0 Å². The van der Waals surface area contributed by atoms with E-state index in [2.05, 4.69) is 81.2 Å². The van der Waals surface area contributed by atoms with Crippen LogP contribution in [-0.2, 0) is 0 Å². The number of hydrogen-bond donors (Lipinski definition) is 1. The van der Waals surface area contributed by atoms with Crippen molar-refractivity contribution in [3.05, 3.63) is 95.6 Å². The molecule has 31 heavy (non-hydrogen) atoms. The molecule has 0 bridgehead atoms. The van der Waals surface area contributed by atoms with Crippen LogP contribution in [0.2, 0.25) is 0 Å². The van der Waals surface area contributed by atoms with Crippen molar-refractivity contribution < 1.29 is 0 Å². The fourth-order valence-electron chi connectivity index (χ4n) is 4.39. The molecule has 1 N–H and O–H groups in total. The molecule has 1 saturated heterocycles. The fraction of sp³-hybridized carbons (Fsp3) is 0.217. The van der Waals surface area contributed by atoms with E-state index in [1.54, 1.807) is 12.7 Å². The molecule has 1 fully saturated rings. The minimum absolute atomic E-state index is 0.0541. The summed E-state index contributed by atoms with van der Waals surface area (Å²) in [4.78, 5) is 6.84. The number of aryl methyl sites for hydroxylation is 2. The zero-order valence-corrected chi connectivity index (χ0v) is 18.4. The first-order valence-electron chi connectivity index (χ1n) is 10.2. The van der Waals surface area contributed by atoms with Crippen molar-refractivity contribution in [2.24, 2.45) is 0 Å². The van der Waals surface area contributed by atoms with E-state index in [0.717, 1.165) is 22.8 Å². The molecule has 0 aliphatic carbocycles. The van der Waals surface area contributed by atoms with Crippen LogP contribution in [0, 0.1) is 20.8 Å². The summed E-state index contributed by atoms with van der Waals surface area (Å²) >= 11 is 5.83. The summed E-state index contributed by atoms with van der Waals surface area (Å²) < 4.78 is 4.00. The summed E-state index contributed by atoms with van der Waals surface area (Å²) in [5.41, 5.74) is 6.60. The van der Waals surface area contributed by atoms with Crippen molar-refractivity contribution in [2.75, 3.05) is 4.90 Å². The maximum absolute atomic E-state index is 5.83. The molecule has 7 nitrogen and oxygen atoms in total. The van der Waals surface area contributed by atoms with Crippen molar-refractivity contribution in [1.82, 2.24) is 29.9 Å². The number of rotatable bonds is 4. The summed E-state index contributed by atoms with van der Waals surface area (Å²) in [7, 11) is 0. The van der Waals surface area contributed by atoms with Gasteiger partial charge in [0.05, 0.1) is 17.8 Å². The van der Waals surface area contributed by atoms with Crippen LogP contribution in [0.1, 0.15) is 40.3 Å². The summed E-state index contributed by atoms with van der Waals surface area (Å²) in [6, 6.07) is 16.5. The van der Waals surface area contributed by atoms with Gasteiger partial charge in [0.25, 0.3) is 0 Å². The minimum Gasteiger partial charge on any atom is -0.351 e. The lowest BCUT2D eigenvalue weighted by atomic mass is 9.96. The van der Waals surface area contributed by atoms with E-state index in [1.807, 2.05) is 29.1 Å². The first-order chi connectivity index (χ1) is 15.0. The van der Waals surface area contributed by atoms with Crippen LogP contribution in [0.15, 0.2) is 67.4 Å². The Morgan fingerprint density at radius 1 is 0.968 bits per heavy atom. The average Bonchev–Trinajstić information content (AvgIpc) is 3.47. The Labute approximate surface area is 186 Å². The highest BCUT2D eigenvalue weighted by atomic mass is 32.1. The lowest BCUT2D eigenvalue weighted by molar-refractivity contribution is 0.557. The van der Waals surface area contributed by atoms with Crippen molar-refractivity contribution in [3.63, 3.8) is 0 Å². The SMILES string of the molecule is Cc1ccc(N2C(=S)N[C@@H](c3ccccn3)[C@@H]2c2cc(C)n(-n3cnnc3)c2C)cc1. The van der Waals surface area contributed by atoms with Gasteiger partial charge in [-0.25, -0.2) is 4.68 Å². The van der Waals surface area contributed by atoms with Crippen molar-refractivity contribution in [1.29, 1.82) is 0 Å². The molecule has 1 aliphatic heterocycles. The third-order valence-corrected chi connectivity index (χ3v) is 6.11. The summed E-state index contributed by atoms with van der Waals surface area (Å²) in [6.07, 6.45) is 5.23. The Bertz CT molecular complexity index is 1210. The van der Waals surface area contributed by atoms with Gasteiger partial charge in [0.2, 0.25) is 0 Å². The summed E-state index contributed by atoms with van der Waals surface area (Å²) in [6.45, 7) is 6.29. The molecule has 4 aromatic rings. The van der Waals surface area contributed by atoms with E-state index in [0.29, 0.717) is 5.11 Å². The summed E-state index contributed by atoms with van der Waals surface area (Å²) in [5, 5.41) is 12.2. The molecule has 0 saturated carbocycles. The largest absolute Gasteiger partial charge is 0.351 e. The third-order valence-electron chi connectivity index (χ3n) is 5.80. The van der Waals surface area contributed by atoms with Crippen LogP contribution < -0.4 is 10.2 Å². The molecule has 0 spiro atoms. The average molecular weight is 430 g/mol. The quantitative estimate of drug-likeness (QED) is 0.497. The Kier molecular flexibility index (Phi) is 4.78. The highest BCUT2D eigenvalue weighted by Gasteiger charge is 2.42. The normalized spacial score (nSPS) is 18.4. The van der Waals surface area contributed by atoms with Gasteiger partial charge in [-0.1, -0.05) is 23.8 Å². The predicted molar refractivity (Wildman–Crippen MR) is 124 cm³/mol. The third kappa shape index (κ3) is 3.29. The molecule has 1 aromatic carbocycles. The van der Waals surface area contributed by atoms with Crippen LogP contribution in [-0.4, -0.2) is 29.6 Å². The molecule has 0 amide bonds. The second-order valence-electron chi connectivity index (χ2n) is 7.81. The van der Waals surface area contributed by atoms with Crippen molar-refractivity contribution >= 4 is 23.0 Å². The van der Waals surface area contributed by atoms with Gasteiger partial charge in [-0.15, -0.1) is 10.2 Å². The van der Waals surface area contributed by atoms with Gasteiger partial charge in [-0.2, -0.15) is 0 Å². The zero-order chi connectivity index (χ0) is 21.5. The predicted octanol–water partition coefficient (Wildman–Crippen LogP) is 3.89. The number of nitrogens with one attached hydrogen (secondary N) is 1. The monoisotopic (exact) mass is 429 g/mol. The van der Waals surface area contributed by atoms with E-state index in [4.69, 9.17) is 12.2 Å². The van der Waals surface area contributed by atoms with Gasteiger partial charge in [-0.05, 0) is 63.3 Å². The van der Waals surface area contributed by atoms with Crippen LogP contribution in [0.5, 0.6) is 0 Å². The van der Waals surface area contributed by atoms with Crippen LogP contribution in [0.25, 0.3) is 0 Å². The van der Waals surface area contributed by atoms with E-state index in [9.17, 15) is 0 Å². The van der Waals surface area contributed by atoms with Crippen LogP contribution >= 0.6 is 12.2 Å². The first-order valence-corrected chi connectivity index (χ1v) is 10.6. The number of benzene rings is 1. The standard InChI is InChI=1S/C23H23N7S/c1-15-7-9-18(10-8-15)29-22(21(27-23(29)31)20-6-4-5-11-24-20)19-12-16(2)30(17(19)3)28-13-25-26-14-28/h4-14,21-22H,1-3H3,(H,27,31)/t21-,22-/m0/s1. The molecule has 8 heteroatoms. The Hall–Kier alpha value is -3.52. The maximum Gasteiger partial charge on any atom is 0.174 e. The van der Waals surface area contributed by atoms with Gasteiger partial charge in [0, 0.05) is 28.8 Å². The van der Waals surface area contributed by atoms with Gasteiger partial charge < -0.3 is 10.2 Å².